The van der Waals surface area contributed by atoms with Gasteiger partial charge in [0.1, 0.15) is 17.2 Å². The SMILES string of the molecule is COc1ccccc1NC(=O)c1ccccc1Oc1ccc(OCO)c(OCO)c1. The van der Waals surface area contributed by atoms with Crippen LogP contribution in [0.3, 0.4) is 0 Å². The van der Waals surface area contributed by atoms with Crippen molar-refractivity contribution in [1.82, 2.24) is 0 Å². The average molecular weight is 411 g/mol. The topological polar surface area (TPSA) is 106 Å². The number of hydrogen-bond donors (Lipinski definition) is 3. The van der Waals surface area contributed by atoms with Crippen LogP contribution in [0.4, 0.5) is 5.69 Å². The minimum Gasteiger partial charge on any atom is -0.495 e. The van der Waals surface area contributed by atoms with Gasteiger partial charge in [0.15, 0.2) is 25.1 Å². The lowest BCUT2D eigenvalue weighted by Gasteiger charge is -2.15. The lowest BCUT2D eigenvalue weighted by Crippen LogP contribution is -2.13. The first kappa shape index (κ1) is 21.0. The number of methoxy groups -OCH3 is 1. The minimum atomic E-state index is -0.580. The van der Waals surface area contributed by atoms with E-state index >= 15 is 0 Å². The van der Waals surface area contributed by atoms with Crippen molar-refractivity contribution in [3.63, 3.8) is 0 Å². The molecule has 0 bridgehead atoms. The Balaban J connectivity index is 1.85. The number of nitrogens with one attached hydrogen (secondary N) is 1. The Morgan fingerprint density at radius 3 is 2.23 bits per heavy atom. The van der Waals surface area contributed by atoms with Gasteiger partial charge in [-0.15, -0.1) is 0 Å². The van der Waals surface area contributed by atoms with Crippen molar-refractivity contribution in [2.45, 2.75) is 0 Å². The maximum absolute atomic E-state index is 12.8. The predicted octanol–water partition coefficient (Wildman–Crippen LogP) is 3.40. The molecule has 0 saturated heterocycles. The van der Waals surface area contributed by atoms with Crippen molar-refractivity contribution in [2.75, 3.05) is 26.0 Å². The molecule has 0 fully saturated rings. The fourth-order valence-electron chi connectivity index (χ4n) is 2.73. The molecule has 3 rings (SSSR count). The molecule has 0 aliphatic heterocycles. The summed E-state index contributed by atoms with van der Waals surface area (Å²) in [7, 11) is 1.53. The molecule has 0 radical (unpaired) electrons. The first-order valence-electron chi connectivity index (χ1n) is 8.99. The molecule has 0 heterocycles. The molecule has 30 heavy (non-hydrogen) atoms. The van der Waals surface area contributed by atoms with Gasteiger partial charge in [0, 0.05) is 6.07 Å². The van der Waals surface area contributed by atoms with E-state index in [2.05, 4.69) is 5.32 Å². The molecular formula is C22H21NO7. The molecule has 156 valence electrons. The molecule has 0 aromatic heterocycles. The number of anilines is 1. The van der Waals surface area contributed by atoms with Gasteiger partial charge in [-0.3, -0.25) is 4.79 Å². The maximum atomic E-state index is 12.8. The zero-order valence-electron chi connectivity index (χ0n) is 16.2. The zero-order valence-corrected chi connectivity index (χ0v) is 16.2. The van der Waals surface area contributed by atoms with Crippen LogP contribution in [-0.4, -0.2) is 36.8 Å². The quantitative estimate of drug-likeness (QED) is 0.463. The molecule has 0 spiro atoms. The van der Waals surface area contributed by atoms with Gasteiger partial charge in [-0.05, 0) is 36.4 Å². The van der Waals surface area contributed by atoms with Crippen molar-refractivity contribution in [1.29, 1.82) is 0 Å². The van der Waals surface area contributed by atoms with Gasteiger partial charge < -0.3 is 34.5 Å². The highest BCUT2D eigenvalue weighted by molar-refractivity contribution is 6.06. The van der Waals surface area contributed by atoms with Gasteiger partial charge in [0.05, 0.1) is 18.4 Å². The van der Waals surface area contributed by atoms with Crippen LogP contribution in [0.2, 0.25) is 0 Å². The van der Waals surface area contributed by atoms with E-state index < -0.39 is 13.6 Å². The second kappa shape index (κ2) is 10.1. The van der Waals surface area contributed by atoms with Crippen LogP contribution in [0.1, 0.15) is 10.4 Å². The Morgan fingerprint density at radius 1 is 0.833 bits per heavy atom. The molecule has 1 amide bonds. The monoisotopic (exact) mass is 411 g/mol. The fraction of sp³-hybridized carbons (Fsp3) is 0.136. The first-order chi connectivity index (χ1) is 14.7. The summed E-state index contributed by atoms with van der Waals surface area (Å²) in [5, 5.41) is 20.8. The van der Waals surface area contributed by atoms with Crippen LogP contribution in [0.5, 0.6) is 28.7 Å². The number of rotatable bonds is 9. The van der Waals surface area contributed by atoms with E-state index in [1.807, 2.05) is 6.07 Å². The highest BCUT2D eigenvalue weighted by atomic mass is 16.6. The smallest absolute Gasteiger partial charge is 0.259 e. The molecule has 0 atom stereocenters. The second-order valence-corrected chi connectivity index (χ2v) is 5.91. The summed E-state index contributed by atoms with van der Waals surface area (Å²) < 4.78 is 21.3. The molecular weight excluding hydrogens is 390 g/mol. The van der Waals surface area contributed by atoms with Gasteiger partial charge in [-0.2, -0.15) is 0 Å². The van der Waals surface area contributed by atoms with Crippen LogP contribution >= 0.6 is 0 Å². The number of aliphatic hydroxyl groups is 2. The van der Waals surface area contributed by atoms with E-state index in [0.29, 0.717) is 28.5 Å². The fourth-order valence-corrected chi connectivity index (χ4v) is 2.73. The molecule has 3 N–H and O–H groups in total. The third-order valence-corrected chi connectivity index (χ3v) is 4.07. The van der Waals surface area contributed by atoms with E-state index in [0.717, 1.165) is 0 Å². The molecule has 3 aromatic rings. The van der Waals surface area contributed by atoms with E-state index in [1.165, 1.54) is 19.2 Å². The van der Waals surface area contributed by atoms with Crippen molar-refractivity contribution >= 4 is 11.6 Å². The Hall–Kier alpha value is -3.75. The summed E-state index contributed by atoms with van der Waals surface area (Å²) in [4.78, 5) is 12.8. The third-order valence-electron chi connectivity index (χ3n) is 4.07. The Labute approximate surface area is 173 Å². The molecule has 3 aromatic carbocycles. The van der Waals surface area contributed by atoms with Gasteiger partial charge in [-0.25, -0.2) is 0 Å². The second-order valence-electron chi connectivity index (χ2n) is 5.91. The molecule has 0 aliphatic carbocycles. The summed E-state index contributed by atoms with van der Waals surface area (Å²) in [6.45, 7) is -1.13. The summed E-state index contributed by atoms with van der Waals surface area (Å²) in [6, 6.07) is 18.4. The number of carbonyl (C=O) groups excluding carboxylic acids is 1. The van der Waals surface area contributed by atoms with Crippen molar-refractivity contribution < 1.29 is 34.0 Å². The Kier molecular flexibility index (Phi) is 7.09. The molecule has 0 saturated carbocycles. The number of amides is 1. The van der Waals surface area contributed by atoms with Crippen LogP contribution in [0.25, 0.3) is 0 Å². The number of benzene rings is 3. The van der Waals surface area contributed by atoms with Crippen molar-refractivity contribution in [2.24, 2.45) is 0 Å². The lowest BCUT2D eigenvalue weighted by atomic mass is 10.1. The minimum absolute atomic E-state index is 0.181. The normalized spacial score (nSPS) is 10.2. The molecule has 0 aliphatic rings. The summed E-state index contributed by atoms with van der Waals surface area (Å²) in [6.07, 6.45) is 0. The lowest BCUT2D eigenvalue weighted by molar-refractivity contribution is 0.0742. The van der Waals surface area contributed by atoms with Crippen LogP contribution in [0.15, 0.2) is 66.7 Å². The van der Waals surface area contributed by atoms with Gasteiger partial charge in [0.2, 0.25) is 0 Å². The van der Waals surface area contributed by atoms with E-state index in [9.17, 15) is 4.79 Å². The Morgan fingerprint density at radius 2 is 1.50 bits per heavy atom. The Bertz CT molecular complexity index is 1010. The first-order valence-corrected chi connectivity index (χ1v) is 8.99. The number of carbonyl (C=O) groups is 1. The predicted molar refractivity (Wildman–Crippen MR) is 109 cm³/mol. The zero-order chi connectivity index (χ0) is 21.3. The number of aliphatic hydroxyl groups excluding tert-OH is 2. The van der Waals surface area contributed by atoms with Gasteiger partial charge in [0.25, 0.3) is 5.91 Å². The van der Waals surface area contributed by atoms with Crippen molar-refractivity contribution in [3.8, 4) is 28.7 Å². The van der Waals surface area contributed by atoms with E-state index in [4.69, 9.17) is 29.2 Å². The summed E-state index contributed by atoms with van der Waals surface area (Å²) in [5.41, 5.74) is 0.840. The summed E-state index contributed by atoms with van der Waals surface area (Å²) >= 11 is 0. The standard InChI is InChI=1S/C22H21NO7/c1-27-19-9-5-3-7-17(19)23-22(26)16-6-2-4-8-18(16)30-15-10-11-20(28-13-24)21(12-15)29-14-25/h2-12,24-25H,13-14H2,1H3,(H,23,26). The van der Waals surface area contributed by atoms with Crippen LogP contribution < -0.4 is 24.3 Å². The maximum Gasteiger partial charge on any atom is 0.259 e. The van der Waals surface area contributed by atoms with Gasteiger partial charge in [-0.1, -0.05) is 24.3 Å². The molecule has 8 heteroatoms. The van der Waals surface area contributed by atoms with Gasteiger partial charge >= 0.3 is 0 Å². The number of hydrogen-bond acceptors (Lipinski definition) is 7. The highest BCUT2D eigenvalue weighted by Crippen LogP contribution is 2.35. The molecule has 8 nitrogen and oxygen atoms in total. The largest absolute Gasteiger partial charge is 0.495 e. The number of para-hydroxylation sites is 3. The highest BCUT2D eigenvalue weighted by Gasteiger charge is 2.16. The van der Waals surface area contributed by atoms with Crippen molar-refractivity contribution in [3.05, 3.63) is 72.3 Å². The van der Waals surface area contributed by atoms with Crippen LogP contribution in [0, 0.1) is 0 Å². The third kappa shape index (κ3) is 4.99. The average Bonchev–Trinajstić information content (AvgIpc) is 2.76. The van der Waals surface area contributed by atoms with Crippen LogP contribution in [-0.2, 0) is 0 Å². The number of ether oxygens (including phenoxy) is 4. The van der Waals surface area contributed by atoms with E-state index in [-0.39, 0.29) is 17.4 Å². The van der Waals surface area contributed by atoms with E-state index in [1.54, 1.807) is 48.5 Å². The summed E-state index contributed by atoms with van der Waals surface area (Å²) in [5.74, 6) is 1.25. The molecule has 0 unspecified atom stereocenters.